The largest absolute Gasteiger partial charge is 0.381 e. The number of hydrogen-bond acceptors (Lipinski definition) is 2. The minimum absolute atomic E-state index is 0.220. The molecule has 0 spiro atoms. The molecule has 2 nitrogen and oxygen atoms in total. The van der Waals surface area contributed by atoms with Crippen molar-refractivity contribution < 1.29 is 4.74 Å². The van der Waals surface area contributed by atoms with Crippen LogP contribution in [0.4, 0.5) is 0 Å². The Labute approximate surface area is 102 Å². The number of likely N-dealkylation sites (N-methyl/N-ethyl adjacent to an activating group) is 1. The van der Waals surface area contributed by atoms with E-state index in [1.54, 1.807) is 0 Å². The Hall–Kier alpha value is -0.570. The summed E-state index contributed by atoms with van der Waals surface area (Å²) in [6.07, 6.45) is 2.16. The minimum atomic E-state index is 0.220. The van der Waals surface area contributed by atoms with Crippen molar-refractivity contribution in [3.8, 4) is 0 Å². The highest BCUT2D eigenvalue weighted by Crippen LogP contribution is 2.34. The highest BCUT2D eigenvalue weighted by atomic mass is 35.5. The molecule has 1 saturated heterocycles. The number of ether oxygens (including phenoxy) is 1. The second-order valence-electron chi connectivity index (χ2n) is 4.43. The van der Waals surface area contributed by atoms with E-state index in [1.807, 2.05) is 19.2 Å². The molecule has 0 bridgehead atoms. The molecular formula is C13H18ClNO. The van der Waals surface area contributed by atoms with E-state index in [1.165, 1.54) is 5.56 Å². The van der Waals surface area contributed by atoms with Crippen LogP contribution >= 0.6 is 11.6 Å². The first kappa shape index (κ1) is 11.9. The van der Waals surface area contributed by atoms with Crippen molar-refractivity contribution in [3.05, 3.63) is 34.9 Å². The van der Waals surface area contributed by atoms with Crippen LogP contribution in [0.25, 0.3) is 0 Å². The lowest BCUT2D eigenvalue weighted by Gasteiger charge is -2.37. The predicted octanol–water partition coefficient (Wildman–Crippen LogP) is 2.61. The van der Waals surface area contributed by atoms with Gasteiger partial charge < -0.3 is 10.1 Å². The van der Waals surface area contributed by atoms with Crippen molar-refractivity contribution >= 4 is 11.6 Å². The molecule has 1 aliphatic heterocycles. The quantitative estimate of drug-likeness (QED) is 0.876. The average Bonchev–Trinajstić information content (AvgIpc) is 2.31. The van der Waals surface area contributed by atoms with Crippen LogP contribution in [0.2, 0.25) is 5.02 Å². The first-order chi connectivity index (χ1) is 7.77. The van der Waals surface area contributed by atoms with Crippen molar-refractivity contribution in [2.24, 2.45) is 0 Å². The van der Waals surface area contributed by atoms with Gasteiger partial charge in [0.1, 0.15) is 0 Å². The van der Waals surface area contributed by atoms with E-state index in [9.17, 15) is 0 Å². The molecule has 3 heteroatoms. The Balaban J connectivity index is 2.26. The molecule has 0 atom stereocenters. The zero-order valence-electron chi connectivity index (χ0n) is 9.63. The molecule has 0 aliphatic carbocycles. The molecule has 0 unspecified atom stereocenters. The third-order valence-corrected chi connectivity index (χ3v) is 3.67. The van der Waals surface area contributed by atoms with Gasteiger partial charge in [-0.1, -0.05) is 23.7 Å². The Morgan fingerprint density at radius 3 is 2.44 bits per heavy atom. The smallest absolute Gasteiger partial charge is 0.0475 e. The lowest BCUT2D eigenvalue weighted by Crippen LogP contribution is -2.41. The summed E-state index contributed by atoms with van der Waals surface area (Å²) in [5, 5.41) is 4.10. The second kappa shape index (κ2) is 5.17. The molecule has 1 aromatic carbocycles. The van der Waals surface area contributed by atoms with Gasteiger partial charge in [-0.25, -0.2) is 0 Å². The molecule has 0 radical (unpaired) electrons. The molecule has 1 N–H and O–H groups in total. The Morgan fingerprint density at radius 1 is 1.25 bits per heavy atom. The molecule has 1 aromatic rings. The number of rotatable bonds is 3. The van der Waals surface area contributed by atoms with Gasteiger partial charge in [0.15, 0.2) is 0 Å². The molecule has 1 heterocycles. The van der Waals surface area contributed by atoms with Crippen LogP contribution in [0.15, 0.2) is 24.3 Å². The van der Waals surface area contributed by atoms with Gasteiger partial charge in [-0.2, -0.15) is 0 Å². The number of halogens is 1. The Kier molecular flexibility index (Phi) is 3.85. The highest BCUT2D eigenvalue weighted by Gasteiger charge is 2.33. The van der Waals surface area contributed by atoms with Gasteiger partial charge >= 0.3 is 0 Å². The summed E-state index contributed by atoms with van der Waals surface area (Å²) in [5.74, 6) is 0. The number of benzene rings is 1. The van der Waals surface area contributed by atoms with Crippen LogP contribution in [0.5, 0.6) is 0 Å². The maximum absolute atomic E-state index is 5.93. The molecule has 1 aliphatic rings. The van der Waals surface area contributed by atoms with Crippen LogP contribution in [0, 0.1) is 0 Å². The molecule has 16 heavy (non-hydrogen) atoms. The zero-order chi connectivity index (χ0) is 11.4. The molecule has 0 amide bonds. The molecule has 1 fully saturated rings. The van der Waals surface area contributed by atoms with E-state index in [4.69, 9.17) is 16.3 Å². The predicted molar refractivity (Wildman–Crippen MR) is 67.1 cm³/mol. The van der Waals surface area contributed by atoms with E-state index in [2.05, 4.69) is 17.4 Å². The topological polar surface area (TPSA) is 21.3 Å². The lowest BCUT2D eigenvalue weighted by molar-refractivity contribution is 0.0506. The van der Waals surface area contributed by atoms with E-state index >= 15 is 0 Å². The summed E-state index contributed by atoms with van der Waals surface area (Å²) in [6.45, 7) is 2.70. The maximum Gasteiger partial charge on any atom is 0.0475 e. The van der Waals surface area contributed by atoms with Crippen molar-refractivity contribution in [1.29, 1.82) is 0 Å². The second-order valence-corrected chi connectivity index (χ2v) is 4.87. The average molecular weight is 240 g/mol. The van der Waals surface area contributed by atoms with Gasteiger partial charge in [-0.05, 0) is 37.6 Å². The van der Waals surface area contributed by atoms with E-state index in [0.29, 0.717) is 0 Å². The van der Waals surface area contributed by atoms with Gasteiger partial charge in [0.25, 0.3) is 0 Å². The molecule has 2 rings (SSSR count). The van der Waals surface area contributed by atoms with Gasteiger partial charge in [0, 0.05) is 30.2 Å². The van der Waals surface area contributed by atoms with E-state index < -0.39 is 0 Å². The van der Waals surface area contributed by atoms with Gasteiger partial charge in [0.2, 0.25) is 0 Å². The van der Waals surface area contributed by atoms with Crippen LogP contribution < -0.4 is 5.32 Å². The molecule has 0 aromatic heterocycles. The minimum Gasteiger partial charge on any atom is -0.381 e. The van der Waals surface area contributed by atoms with Gasteiger partial charge in [0.05, 0.1) is 0 Å². The fourth-order valence-electron chi connectivity index (χ4n) is 2.47. The fraction of sp³-hybridized carbons (Fsp3) is 0.538. The van der Waals surface area contributed by atoms with E-state index in [-0.39, 0.29) is 5.41 Å². The van der Waals surface area contributed by atoms with Gasteiger partial charge in [-0.15, -0.1) is 0 Å². The summed E-state index contributed by atoms with van der Waals surface area (Å²) in [4.78, 5) is 0. The number of nitrogens with one attached hydrogen (secondary N) is 1. The first-order valence-electron chi connectivity index (χ1n) is 5.75. The van der Waals surface area contributed by atoms with Crippen molar-refractivity contribution in [1.82, 2.24) is 5.32 Å². The zero-order valence-corrected chi connectivity index (χ0v) is 10.4. The third-order valence-electron chi connectivity index (χ3n) is 3.42. The fourth-order valence-corrected chi connectivity index (χ4v) is 2.60. The molecular weight excluding hydrogens is 222 g/mol. The SMILES string of the molecule is CNCC1(c2ccc(Cl)cc2)CCOCC1. The van der Waals surface area contributed by atoms with Crippen molar-refractivity contribution in [2.75, 3.05) is 26.8 Å². The summed E-state index contributed by atoms with van der Waals surface area (Å²) in [7, 11) is 2.01. The van der Waals surface area contributed by atoms with Crippen molar-refractivity contribution in [3.63, 3.8) is 0 Å². The monoisotopic (exact) mass is 239 g/mol. The Morgan fingerprint density at radius 2 is 1.88 bits per heavy atom. The number of hydrogen-bond donors (Lipinski definition) is 1. The van der Waals surface area contributed by atoms with Crippen LogP contribution in [0.3, 0.4) is 0 Å². The Bertz CT molecular complexity index is 325. The normalized spacial score (nSPS) is 19.6. The van der Waals surface area contributed by atoms with E-state index in [0.717, 1.165) is 37.6 Å². The standard InChI is InChI=1S/C13H18ClNO/c1-15-10-13(6-8-16-9-7-13)11-2-4-12(14)5-3-11/h2-5,15H,6-10H2,1H3. The summed E-state index contributed by atoms with van der Waals surface area (Å²) >= 11 is 5.93. The van der Waals surface area contributed by atoms with Crippen LogP contribution in [0.1, 0.15) is 18.4 Å². The summed E-state index contributed by atoms with van der Waals surface area (Å²) < 4.78 is 5.46. The summed E-state index contributed by atoms with van der Waals surface area (Å²) in [6, 6.07) is 8.24. The van der Waals surface area contributed by atoms with Crippen LogP contribution in [-0.2, 0) is 10.2 Å². The maximum atomic E-state index is 5.93. The first-order valence-corrected chi connectivity index (χ1v) is 6.13. The van der Waals surface area contributed by atoms with Crippen molar-refractivity contribution in [2.45, 2.75) is 18.3 Å². The lowest BCUT2D eigenvalue weighted by atomic mass is 9.74. The highest BCUT2D eigenvalue weighted by molar-refractivity contribution is 6.30. The summed E-state index contributed by atoms with van der Waals surface area (Å²) in [5.41, 5.74) is 1.59. The molecule has 0 saturated carbocycles. The third kappa shape index (κ3) is 2.40. The van der Waals surface area contributed by atoms with Gasteiger partial charge in [-0.3, -0.25) is 0 Å². The van der Waals surface area contributed by atoms with Crippen LogP contribution in [-0.4, -0.2) is 26.8 Å². The molecule has 88 valence electrons.